The quantitative estimate of drug-likeness (QED) is 0.752. The van der Waals surface area contributed by atoms with Crippen LogP contribution >= 0.6 is 0 Å². The minimum absolute atomic E-state index is 0.0327. The van der Waals surface area contributed by atoms with Crippen LogP contribution in [0.3, 0.4) is 0 Å². The molecule has 1 aliphatic heterocycles. The van der Waals surface area contributed by atoms with E-state index >= 15 is 0 Å². The molecule has 0 spiro atoms. The van der Waals surface area contributed by atoms with E-state index in [9.17, 15) is 9.18 Å². The summed E-state index contributed by atoms with van der Waals surface area (Å²) >= 11 is 0. The Balaban J connectivity index is 2.37. The summed E-state index contributed by atoms with van der Waals surface area (Å²) in [4.78, 5) is 15.1. The minimum atomic E-state index is -1.73. The second-order valence-corrected chi connectivity index (χ2v) is 4.32. The maximum Gasteiger partial charge on any atom is 0.351 e. The van der Waals surface area contributed by atoms with Crippen molar-refractivity contribution in [2.24, 2.45) is 0 Å². The van der Waals surface area contributed by atoms with Crippen LogP contribution in [0.5, 0.6) is 0 Å². The highest BCUT2D eigenvalue weighted by Crippen LogP contribution is 2.39. The van der Waals surface area contributed by atoms with Crippen LogP contribution in [0.4, 0.5) is 10.2 Å². The second kappa shape index (κ2) is 4.08. The molecule has 0 saturated carbocycles. The second-order valence-electron chi connectivity index (χ2n) is 4.32. The lowest BCUT2D eigenvalue weighted by Gasteiger charge is -2.22. The van der Waals surface area contributed by atoms with E-state index in [0.29, 0.717) is 0 Å². The molecule has 94 valence electrons. The van der Waals surface area contributed by atoms with Crippen molar-refractivity contribution in [2.45, 2.75) is 31.3 Å². The number of hydrogen-bond acceptors (Lipinski definition) is 5. The first-order valence-corrected chi connectivity index (χ1v) is 5.24. The van der Waals surface area contributed by atoms with Gasteiger partial charge in [0, 0.05) is 12.6 Å². The zero-order valence-electron chi connectivity index (χ0n) is 9.34. The van der Waals surface area contributed by atoms with Crippen LogP contribution in [0.25, 0.3) is 0 Å². The molecule has 3 N–H and O–H groups in total. The van der Waals surface area contributed by atoms with Gasteiger partial charge in [0.15, 0.2) is 11.9 Å². The zero-order chi connectivity index (χ0) is 12.6. The number of aromatic nitrogens is 2. The number of alkyl halides is 1. The summed E-state index contributed by atoms with van der Waals surface area (Å²) in [6.45, 7) is 1.04. The molecule has 2 heterocycles. The van der Waals surface area contributed by atoms with E-state index in [1.54, 1.807) is 0 Å². The predicted octanol–water partition coefficient (Wildman–Crippen LogP) is -0.166. The van der Waals surface area contributed by atoms with E-state index in [1.807, 2.05) is 0 Å². The first-order chi connectivity index (χ1) is 7.94. The lowest BCUT2D eigenvalue weighted by Crippen LogP contribution is -2.35. The highest BCUT2D eigenvalue weighted by Gasteiger charge is 2.47. The van der Waals surface area contributed by atoms with Gasteiger partial charge in [-0.1, -0.05) is 0 Å². The van der Waals surface area contributed by atoms with Gasteiger partial charge in [-0.05, 0) is 13.0 Å². The molecule has 17 heavy (non-hydrogen) atoms. The molecule has 0 aliphatic carbocycles. The Labute approximate surface area is 96.8 Å². The summed E-state index contributed by atoms with van der Waals surface area (Å²) in [5.41, 5.74) is 2.95. The SMILES string of the molecule is C[C@]1(F)C[C@@H](CO)OC1n1ccc(N)nc1=O. The van der Waals surface area contributed by atoms with Crippen LogP contribution in [0, 0.1) is 0 Å². The topological polar surface area (TPSA) is 90.4 Å². The van der Waals surface area contributed by atoms with E-state index in [-0.39, 0.29) is 18.8 Å². The van der Waals surface area contributed by atoms with Crippen LogP contribution in [-0.2, 0) is 4.74 Å². The summed E-state index contributed by atoms with van der Waals surface area (Å²) < 4.78 is 20.6. The lowest BCUT2D eigenvalue weighted by atomic mass is 10.0. The van der Waals surface area contributed by atoms with Crippen molar-refractivity contribution in [1.82, 2.24) is 9.55 Å². The van der Waals surface area contributed by atoms with Gasteiger partial charge in [-0.2, -0.15) is 4.98 Å². The Bertz CT molecular complexity index is 474. The Kier molecular flexibility index (Phi) is 2.88. The van der Waals surface area contributed by atoms with Gasteiger partial charge in [0.2, 0.25) is 0 Å². The van der Waals surface area contributed by atoms with Crippen LogP contribution < -0.4 is 11.4 Å². The number of nitrogens with zero attached hydrogens (tertiary/aromatic N) is 2. The van der Waals surface area contributed by atoms with Gasteiger partial charge in [-0.3, -0.25) is 4.57 Å². The largest absolute Gasteiger partial charge is 0.394 e. The summed E-state index contributed by atoms with van der Waals surface area (Å²) in [5, 5.41) is 8.96. The minimum Gasteiger partial charge on any atom is -0.394 e. The van der Waals surface area contributed by atoms with Crippen molar-refractivity contribution in [3.05, 3.63) is 22.7 Å². The molecular formula is C10H14FN3O3. The summed E-state index contributed by atoms with van der Waals surface area (Å²) in [6, 6.07) is 1.40. The fourth-order valence-corrected chi connectivity index (χ4v) is 1.99. The van der Waals surface area contributed by atoms with Crippen LogP contribution in [0.1, 0.15) is 19.6 Å². The Morgan fingerprint density at radius 2 is 2.53 bits per heavy atom. The third kappa shape index (κ3) is 2.16. The van der Waals surface area contributed by atoms with Crippen molar-refractivity contribution in [2.75, 3.05) is 12.3 Å². The molecule has 1 saturated heterocycles. The Morgan fingerprint density at radius 3 is 3.06 bits per heavy atom. The highest BCUT2D eigenvalue weighted by molar-refractivity contribution is 5.23. The van der Waals surface area contributed by atoms with Gasteiger partial charge in [0.1, 0.15) is 5.82 Å². The molecule has 6 nitrogen and oxygen atoms in total. The van der Waals surface area contributed by atoms with Crippen molar-refractivity contribution < 1.29 is 14.2 Å². The number of aliphatic hydroxyl groups excluding tert-OH is 1. The molecule has 2 rings (SSSR count). The fourth-order valence-electron chi connectivity index (χ4n) is 1.99. The van der Waals surface area contributed by atoms with Gasteiger partial charge >= 0.3 is 5.69 Å². The number of hydrogen-bond donors (Lipinski definition) is 2. The molecule has 0 radical (unpaired) electrons. The lowest BCUT2D eigenvalue weighted by molar-refractivity contribution is -0.0609. The maximum atomic E-state index is 14.2. The number of rotatable bonds is 2. The highest BCUT2D eigenvalue weighted by atomic mass is 19.1. The van der Waals surface area contributed by atoms with Crippen LogP contribution in [0.15, 0.2) is 17.1 Å². The summed E-state index contributed by atoms with van der Waals surface area (Å²) in [6.07, 6.45) is -0.322. The number of ether oxygens (including phenoxy) is 1. The third-order valence-electron chi connectivity index (χ3n) is 2.77. The number of anilines is 1. The van der Waals surface area contributed by atoms with E-state index in [4.69, 9.17) is 15.6 Å². The van der Waals surface area contributed by atoms with Gasteiger partial charge in [0.25, 0.3) is 0 Å². The normalized spacial score (nSPS) is 32.9. The van der Waals surface area contributed by atoms with E-state index in [1.165, 1.54) is 19.2 Å². The molecule has 1 aliphatic rings. The first kappa shape index (κ1) is 12.0. The Morgan fingerprint density at radius 1 is 1.82 bits per heavy atom. The first-order valence-electron chi connectivity index (χ1n) is 5.24. The monoisotopic (exact) mass is 243 g/mol. The van der Waals surface area contributed by atoms with Crippen molar-refractivity contribution in [3.8, 4) is 0 Å². The standard InChI is InChI=1S/C10H14FN3O3/c1-10(11)4-6(5-15)17-8(10)14-3-2-7(12)13-9(14)16/h2-3,6,8,15H,4-5H2,1H3,(H2,12,13,16)/t6-,8?,10-/m0/s1. The number of halogens is 1. The molecule has 1 aromatic heterocycles. The third-order valence-corrected chi connectivity index (χ3v) is 2.77. The summed E-state index contributed by atoms with van der Waals surface area (Å²) in [5.74, 6) is 0.0727. The molecule has 3 atom stereocenters. The van der Waals surface area contributed by atoms with E-state index < -0.39 is 23.7 Å². The summed E-state index contributed by atoms with van der Waals surface area (Å²) in [7, 11) is 0. The van der Waals surface area contributed by atoms with Gasteiger partial charge < -0.3 is 15.6 Å². The Hall–Kier alpha value is -1.47. The van der Waals surface area contributed by atoms with Crippen molar-refractivity contribution >= 4 is 5.82 Å². The maximum absolute atomic E-state index is 14.2. The van der Waals surface area contributed by atoms with Crippen LogP contribution in [-0.4, -0.2) is 33.0 Å². The molecule has 1 aromatic rings. The van der Waals surface area contributed by atoms with Crippen LogP contribution in [0.2, 0.25) is 0 Å². The average Bonchev–Trinajstić information content (AvgIpc) is 2.54. The average molecular weight is 243 g/mol. The van der Waals surface area contributed by atoms with Crippen molar-refractivity contribution in [3.63, 3.8) is 0 Å². The molecule has 0 aromatic carbocycles. The van der Waals surface area contributed by atoms with E-state index in [2.05, 4.69) is 4.98 Å². The number of nitrogens with two attached hydrogens (primary N) is 1. The van der Waals surface area contributed by atoms with Gasteiger partial charge in [-0.15, -0.1) is 0 Å². The molecule has 0 amide bonds. The molecule has 1 fully saturated rings. The number of nitrogen functional groups attached to an aromatic ring is 1. The van der Waals surface area contributed by atoms with Gasteiger partial charge in [-0.25, -0.2) is 9.18 Å². The predicted molar refractivity (Wildman–Crippen MR) is 58.0 cm³/mol. The molecule has 0 bridgehead atoms. The van der Waals surface area contributed by atoms with Crippen molar-refractivity contribution in [1.29, 1.82) is 0 Å². The number of aliphatic hydroxyl groups is 1. The smallest absolute Gasteiger partial charge is 0.351 e. The fraction of sp³-hybridized carbons (Fsp3) is 0.600. The van der Waals surface area contributed by atoms with E-state index in [0.717, 1.165) is 4.57 Å². The molecule has 7 heteroatoms. The van der Waals surface area contributed by atoms with Gasteiger partial charge in [0.05, 0.1) is 12.7 Å². The molecule has 1 unspecified atom stereocenters. The zero-order valence-corrected chi connectivity index (χ0v) is 9.34. The molecular weight excluding hydrogens is 229 g/mol.